The molecule has 2 rings (SSSR count). The van der Waals surface area contributed by atoms with Gasteiger partial charge in [-0.05, 0) is 29.8 Å². The number of carboxylic acids is 1. The zero-order valence-corrected chi connectivity index (χ0v) is 12.1. The zero-order chi connectivity index (χ0) is 15.1. The van der Waals surface area contributed by atoms with Crippen molar-refractivity contribution in [2.45, 2.75) is 6.54 Å². The Labute approximate surface area is 128 Å². The first kappa shape index (κ1) is 15.4. The van der Waals surface area contributed by atoms with Crippen molar-refractivity contribution in [3.05, 3.63) is 64.7 Å². The van der Waals surface area contributed by atoms with Gasteiger partial charge in [0.05, 0.1) is 0 Å². The van der Waals surface area contributed by atoms with Crippen LogP contribution in [0.2, 0.25) is 5.02 Å². The summed E-state index contributed by atoms with van der Waals surface area (Å²) in [6, 6.07) is 14.2. The number of rotatable bonds is 7. The monoisotopic (exact) mass is 305 g/mol. The van der Waals surface area contributed by atoms with Gasteiger partial charge in [0.25, 0.3) is 0 Å². The quantitative estimate of drug-likeness (QED) is 0.771. The molecule has 0 aliphatic carbocycles. The molecule has 0 saturated carbocycles. The second kappa shape index (κ2) is 7.67. The first-order valence-electron chi connectivity index (χ1n) is 6.57. The molecule has 21 heavy (non-hydrogen) atoms. The Balaban J connectivity index is 1.76. The highest BCUT2D eigenvalue weighted by atomic mass is 35.5. The molecule has 0 saturated heterocycles. The van der Waals surface area contributed by atoms with Gasteiger partial charge in [0.15, 0.2) is 0 Å². The van der Waals surface area contributed by atoms with Gasteiger partial charge in [0, 0.05) is 18.1 Å². The molecule has 0 aliphatic heterocycles. The Morgan fingerprint density at radius 1 is 1.19 bits per heavy atom. The maximum atomic E-state index is 11.0. The number of halogens is 1. The van der Waals surface area contributed by atoms with Crippen molar-refractivity contribution in [3.63, 3.8) is 0 Å². The third kappa shape index (κ3) is 4.77. The molecular weight excluding hydrogens is 290 g/mol. The van der Waals surface area contributed by atoms with Crippen molar-refractivity contribution in [2.24, 2.45) is 0 Å². The molecule has 0 spiro atoms. The fourth-order valence-corrected chi connectivity index (χ4v) is 2.09. The molecule has 0 bridgehead atoms. The Bertz CT molecular complexity index is 616. The van der Waals surface area contributed by atoms with Crippen molar-refractivity contribution in [1.82, 2.24) is 5.32 Å². The van der Waals surface area contributed by atoms with E-state index in [4.69, 9.17) is 21.4 Å². The number of hydrogen-bond donors (Lipinski definition) is 2. The molecule has 0 heterocycles. The van der Waals surface area contributed by atoms with E-state index in [9.17, 15) is 4.79 Å². The minimum Gasteiger partial charge on any atom is -0.491 e. The fourth-order valence-electron chi connectivity index (χ4n) is 1.88. The van der Waals surface area contributed by atoms with Crippen molar-refractivity contribution in [1.29, 1.82) is 0 Å². The van der Waals surface area contributed by atoms with Crippen LogP contribution in [0, 0.1) is 0 Å². The molecule has 4 nitrogen and oxygen atoms in total. The molecule has 0 radical (unpaired) electrons. The third-order valence-corrected chi connectivity index (χ3v) is 3.11. The summed E-state index contributed by atoms with van der Waals surface area (Å²) in [6.45, 7) is 1.69. The number of aromatic carboxylic acids is 1. The lowest BCUT2D eigenvalue weighted by Crippen LogP contribution is -2.21. The van der Waals surface area contributed by atoms with E-state index >= 15 is 0 Å². The molecule has 0 fully saturated rings. The number of benzene rings is 2. The first-order valence-corrected chi connectivity index (χ1v) is 6.95. The predicted molar refractivity (Wildman–Crippen MR) is 82.1 cm³/mol. The normalized spacial score (nSPS) is 10.3. The van der Waals surface area contributed by atoms with E-state index in [1.165, 1.54) is 6.07 Å². The van der Waals surface area contributed by atoms with E-state index in [1.54, 1.807) is 18.2 Å². The highest BCUT2D eigenvalue weighted by Crippen LogP contribution is 2.17. The van der Waals surface area contributed by atoms with Crippen LogP contribution >= 0.6 is 11.6 Å². The standard InChI is InChI=1S/C16H16ClNO3/c17-13-5-3-4-12(10-13)11-18-8-9-21-15-7-2-1-6-14(15)16(19)20/h1-7,10,18H,8-9,11H2,(H,19,20). The van der Waals surface area contributed by atoms with Gasteiger partial charge < -0.3 is 15.2 Å². The summed E-state index contributed by atoms with van der Waals surface area (Å²) in [4.78, 5) is 11.0. The van der Waals surface area contributed by atoms with Crippen molar-refractivity contribution >= 4 is 17.6 Å². The second-order valence-electron chi connectivity index (χ2n) is 4.46. The Morgan fingerprint density at radius 3 is 2.76 bits per heavy atom. The summed E-state index contributed by atoms with van der Waals surface area (Å²) in [6.07, 6.45) is 0. The van der Waals surface area contributed by atoms with E-state index in [0.29, 0.717) is 30.5 Å². The summed E-state index contributed by atoms with van der Waals surface area (Å²) < 4.78 is 5.49. The van der Waals surface area contributed by atoms with Crippen LogP contribution in [0.15, 0.2) is 48.5 Å². The van der Waals surface area contributed by atoms with Crippen LogP contribution in [0.5, 0.6) is 5.75 Å². The molecule has 2 N–H and O–H groups in total. The lowest BCUT2D eigenvalue weighted by Gasteiger charge is -2.10. The van der Waals surface area contributed by atoms with E-state index in [-0.39, 0.29) is 5.56 Å². The van der Waals surface area contributed by atoms with Gasteiger partial charge in [-0.25, -0.2) is 4.79 Å². The van der Waals surface area contributed by atoms with Crippen LogP contribution in [-0.2, 0) is 6.54 Å². The van der Waals surface area contributed by atoms with Crippen LogP contribution in [0.3, 0.4) is 0 Å². The van der Waals surface area contributed by atoms with Crippen LogP contribution in [-0.4, -0.2) is 24.2 Å². The maximum absolute atomic E-state index is 11.0. The minimum atomic E-state index is -0.988. The van der Waals surface area contributed by atoms with Gasteiger partial charge in [-0.15, -0.1) is 0 Å². The first-order chi connectivity index (χ1) is 10.2. The lowest BCUT2D eigenvalue weighted by molar-refractivity contribution is 0.0692. The molecule has 0 unspecified atom stereocenters. The summed E-state index contributed by atoms with van der Waals surface area (Å²) in [7, 11) is 0. The summed E-state index contributed by atoms with van der Waals surface area (Å²) >= 11 is 5.90. The number of carboxylic acid groups (broad SMARTS) is 1. The Kier molecular flexibility index (Phi) is 5.60. The minimum absolute atomic E-state index is 0.173. The van der Waals surface area contributed by atoms with Crippen molar-refractivity contribution in [2.75, 3.05) is 13.2 Å². The molecule has 2 aromatic rings. The van der Waals surface area contributed by atoms with Crippen LogP contribution in [0.4, 0.5) is 0 Å². The van der Waals surface area contributed by atoms with E-state index in [1.807, 2.05) is 24.3 Å². The average Bonchev–Trinajstić information content (AvgIpc) is 2.47. The highest BCUT2D eigenvalue weighted by molar-refractivity contribution is 6.30. The number of nitrogens with one attached hydrogen (secondary N) is 1. The third-order valence-electron chi connectivity index (χ3n) is 2.87. The van der Waals surface area contributed by atoms with Gasteiger partial charge in [0.1, 0.15) is 17.9 Å². The maximum Gasteiger partial charge on any atom is 0.339 e. The second-order valence-corrected chi connectivity index (χ2v) is 4.89. The lowest BCUT2D eigenvalue weighted by atomic mass is 10.2. The van der Waals surface area contributed by atoms with Gasteiger partial charge in [-0.1, -0.05) is 35.9 Å². The summed E-state index contributed by atoms with van der Waals surface area (Å²) in [5.74, 6) is -0.605. The van der Waals surface area contributed by atoms with E-state index in [2.05, 4.69) is 5.32 Å². The topological polar surface area (TPSA) is 58.6 Å². The fraction of sp³-hybridized carbons (Fsp3) is 0.188. The zero-order valence-electron chi connectivity index (χ0n) is 11.4. The van der Waals surface area contributed by atoms with Gasteiger partial charge in [0.2, 0.25) is 0 Å². The largest absolute Gasteiger partial charge is 0.491 e. The molecular formula is C16H16ClNO3. The van der Waals surface area contributed by atoms with E-state index in [0.717, 1.165) is 5.56 Å². The molecule has 2 aromatic carbocycles. The summed E-state index contributed by atoms with van der Waals surface area (Å²) in [5.41, 5.74) is 1.26. The van der Waals surface area contributed by atoms with Crippen molar-refractivity contribution in [3.8, 4) is 5.75 Å². The predicted octanol–water partition coefficient (Wildman–Crippen LogP) is 3.21. The van der Waals surface area contributed by atoms with Gasteiger partial charge >= 0.3 is 5.97 Å². The van der Waals surface area contributed by atoms with E-state index < -0.39 is 5.97 Å². The van der Waals surface area contributed by atoms with Crippen molar-refractivity contribution < 1.29 is 14.6 Å². The smallest absolute Gasteiger partial charge is 0.339 e. The Morgan fingerprint density at radius 2 is 2.00 bits per heavy atom. The molecule has 0 aromatic heterocycles. The van der Waals surface area contributed by atoms with Gasteiger partial charge in [-0.3, -0.25) is 0 Å². The molecule has 0 amide bonds. The molecule has 0 aliphatic rings. The Hall–Kier alpha value is -2.04. The van der Waals surface area contributed by atoms with Crippen LogP contribution in [0.1, 0.15) is 15.9 Å². The van der Waals surface area contributed by atoms with Gasteiger partial charge in [-0.2, -0.15) is 0 Å². The van der Waals surface area contributed by atoms with Crippen LogP contribution in [0.25, 0.3) is 0 Å². The summed E-state index contributed by atoms with van der Waals surface area (Å²) in [5, 5.41) is 13.0. The highest BCUT2D eigenvalue weighted by Gasteiger charge is 2.09. The SMILES string of the molecule is O=C(O)c1ccccc1OCCNCc1cccc(Cl)c1. The average molecular weight is 306 g/mol. The van der Waals surface area contributed by atoms with Crippen LogP contribution < -0.4 is 10.1 Å². The number of ether oxygens (including phenoxy) is 1. The molecule has 5 heteroatoms. The molecule has 110 valence electrons. The molecule has 0 atom stereocenters. The number of hydrogen-bond acceptors (Lipinski definition) is 3. The number of para-hydroxylation sites is 1. The number of carbonyl (C=O) groups is 1.